The summed E-state index contributed by atoms with van der Waals surface area (Å²) in [6.07, 6.45) is 4.89. The average Bonchev–Trinajstić information content (AvgIpc) is 2.76. The topological polar surface area (TPSA) is 87.6 Å². The summed E-state index contributed by atoms with van der Waals surface area (Å²) in [5.74, 6) is 0.455. The van der Waals surface area contributed by atoms with Crippen LogP contribution in [0.1, 0.15) is 45.4 Å². The van der Waals surface area contributed by atoms with Crippen LogP contribution in [0.25, 0.3) is 0 Å². The molecule has 126 valence electrons. The first-order chi connectivity index (χ1) is 11.0. The molecule has 7 heteroatoms. The van der Waals surface area contributed by atoms with Crippen LogP contribution in [0.15, 0.2) is 34.2 Å². The van der Waals surface area contributed by atoms with Crippen molar-refractivity contribution < 1.29 is 13.2 Å². The molecule has 2 N–H and O–H groups in total. The molecule has 1 aliphatic heterocycles. The summed E-state index contributed by atoms with van der Waals surface area (Å²) in [5, 5.41) is 2.73. The van der Waals surface area contributed by atoms with Gasteiger partial charge in [-0.25, -0.2) is 8.42 Å². The standard InChI is InChI=1S/C16H23N3O3S/c1-2-6-16(20)18-13-8-10-14(11-9-13)23(21,22)19-15-7-4-3-5-12-17-15/h8-11H,2-7,12H2,1H3,(H,17,19)(H,18,20). The van der Waals surface area contributed by atoms with Crippen LogP contribution in [0.2, 0.25) is 0 Å². The first-order valence-corrected chi connectivity index (χ1v) is 9.45. The van der Waals surface area contributed by atoms with Crippen LogP contribution in [-0.2, 0) is 14.8 Å². The minimum Gasteiger partial charge on any atom is -0.326 e. The number of hydrogen-bond donors (Lipinski definition) is 2. The van der Waals surface area contributed by atoms with Gasteiger partial charge in [-0.1, -0.05) is 13.3 Å². The van der Waals surface area contributed by atoms with Gasteiger partial charge in [0, 0.05) is 25.1 Å². The van der Waals surface area contributed by atoms with Crippen LogP contribution in [0, 0.1) is 0 Å². The van der Waals surface area contributed by atoms with Gasteiger partial charge in [-0.3, -0.25) is 14.5 Å². The van der Waals surface area contributed by atoms with E-state index in [0.29, 0.717) is 30.9 Å². The zero-order valence-corrected chi connectivity index (χ0v) is 14.2. The minimum absolute atomic E-state index is 0.0750. The summed E-state index contributed by atoms with van der Waals surface area (Å²) >= 11 is 0. The number of nitrogens with zero attached hydrogens (tertiary/aromatic N) is 1. The highest BCUT2D eigenvalue weighted by Crippen LogP contribution is 2.15. The van der Waals surface area contributed by atoms with E-state index in [9.17, 15) is 13.2 Å². The van der Waals surface area contributed by atoms with E-state index in [4.69, 9.17) is 0 Å². The Labute approximate surface area is 137 Å². The molecule has 0 bridgehead atoms. The molecule has 0 spiro atoms. The van der Waals surface area contributed by atoms with Gasteiger partial charge in [-0.15, -0.1) is 0 Å². The SMILES string of the molecule is CCCC(=O)Nc1ccc(S(=O)(=O)NC2=NCCCCC2)cc1. The molecule has 0 radical (unpaired) electrons. The number of anilines is 1. The smallest absolute Gasteiger partial charge is 0.262 e. The Morgan fingerprint density at radius 3 is 2.61 bits per heavy atom. The summed E-state index contributed by atoms with van der Waals surface area (Å²) in [5.41, 5.74) is 0.592. The second-order valence-corrected chi connectivity index (χ2v) is 7.25. The highest BCUT2D eigenvalue weighted by molar-refractivity contribution is 7.90. The van der Waals surface area contributed by atoms with Crippen molar-refractivity contribution in [3.05, 3.63) is 24.3 Å². The van der Waals surface area contributed by atoms with Crippen LogP contribution in [0.4, 0.5) is 5.69 Å². The molecular weight excluding hydrogens is 314 g/mol. The third-order valence-corrected chi connectivity index (χ3v) is 4.95. The molecule has 0 unspecified atom stereocenters. The molecule has 1 aromatic carbocycles. The van der Waals surface area contributed by atoms with Gasteiger partial charge in [-0.2, -0.15) is 0 Å². The molecule has 0 atom stereocenters. The number of aliphatic imine (C=N–C) groups is 1. The number of carbonyl (C=O) groups is 1. The van der Waals surface area contributed by atoms with E-state index < -0.39 is 10.0 Å². The van der Waals surface area contributed by atoms with Gasteiger partial charge < -0.3 is 5.32 Å². The first-order valence-electron chi connectivity index (χ1n) is 7.97. The minimum atomic E-state index is -3.63. The summed E-state index contributed by atoms with van der Waals surface area (Å²) in [4.78, 5) is 16.0. The number of nitrogens with one attached hydrogen (secondary N) is 2. The predicted octanol–water partition coefficient (Wildman–Crippen LogP) is 2.68. The zero-order chi connectivity index (χ0) is 16.7. The second-order valence-electron chi connectivity index (χ2n) is 5.57. The fourth-order valence-corrected chi connectivity index (χ4v) is 3.43. The van der Waals surface area contributed by atoms with E-state index in [1.165, 1.54) is 12.1 Å². The lowest BCUT2D eigenvalue weighted by Gasteiger charge is -2.10. The Morgan fingerprint density at radius 2 is 1.91 bits per heavy atom. The number of rotatable bonds is 5. The summed E-state index contributed by atoms with van der Waals surface area (Å²) in [7, 11) is -3.63. The van der Waals surface area contributed by atoms with Gasteiger partial charge in [0.15, 0.2) is 0 Å². The Bertz CT molecular complexity index is 666. The van der Waals surface area contributed by atoms with Crippen molar-refractivity contribution in [2.45, 2.75) is 50.3 Å². The van der Waals surface area contributed by atoms with Crippen molar-refractivity contribution >= 4 is 27.5 Å². The molecule has 0 fully saturated rings. The van der Waals surface area contributed by atoms with Gasteiger partial charge in [-0.05, 0) is 43.5 Å². The largest absolute Gasteiger partial charge is 0.326 e. The van der Waals surface area contributed by atoms with E-state index in [-0.39, 0.29) is 10.8 Å². The van der Waals surface area contributed by atoms with Gasteiger partial charge in [0.2, 0.25) is 5.91 Å². The fourth-order valence-electron chi connectivity index (χ4n) is 2.34. The molecule has 0 aromatic heterocycles. The highest BCUT2D eigenvalue weighted by Gasteiger charge is 2.17. The molecule has 0 saturated carbocycles. The molecule has 6 nitrogen and oxygen atoms in total. The van der Waals surface area contributed by atoms with Crippen molar-refractivity contribution in [2.24, 2.45) is 4.99 Å². The number of benzene rings is 1. The van der Waals surface area contributed by atoms with Crippen LogP contribution >= 0.6 is 0 Å². The zero-order valence-electron chi connectivity index (χ0n) is 13.3. The molecular formula is C16H23N3O3S. The van der Waals surface area contributed by atoms with Gasteiger partial charge >= 0.3 is 0 Å². The molecule has 1 heterocycles. The first kappa shape index (κ1) is 17.5. The van der Waals surface area contributed by atoms with Crippen LogP contribution in [-0.4, -0.2) is 26.7 Å². The average molecular weight is 337 g/mol. The van der Waals surface area contributed by atoms with Gasteiger partial charge in [0.1, 0.15) is 5.84 Å². The number of sulfonamides is 1. The predicted molar refractivity (Wildman–Crippen MR) is 91.1 cm³/mol. The van der Waals surface area contributed by atoms with Crippen LogP contribution in [0.3, 0.4) is 0 Å². The van der Waals surface area contributed by atoms with E-state index in [1.807, 2.05) is 6.92 Å². The maximum absolute atomic E-state index is 12.4. The van der Waals surface area contributed by atoms with Crippen LogP contribution < -0.4 is 10.0 Å². The highest BCUT2D eigenvalue weighted by atomic mass is 32.2. The number of hydrogen-bond acceptors (Lipinski definition) is 4. The summed E-state index contributed by atoms with van der Waals surface area (Å²) in [6.45, 7) is 2.59. The van der Waals surface area contributed by atoms with Crippen molar-refractivity contribution in [2.75, 3.05) is 11.9 Å². The summed E-state index contributed by atoms with van der Waals surface area (Å²) < 4.78 is 27.3. The van der Waals surface area contributed by atoms with E-state index >= 15 is 0 Å². The molecule has 2 rings (SSSR count). The Balaban J connectivity index is 2.05. The second kappa shape index (κ2) is 8.10. The van der Waals surface area contributed by atoms with Gasteiger partial charge in [0.25, 0.3) is 10.0 Å². The van der Waals surface area contributed by atoms with Crippen molar-refractivity contribution in [3.8, 4) is 0 Å². The maximum atomic E-state index is 12.4. The Hall–Kier alpha value is -1.89. The lowest BCUT2D eigenvalue weighted by Crippen LogP contribution is -2.30. The lowest BCUT2D eigenvalue weighted by atomic mass is 10.2. The number of amides is 1. The quantitative estimate of drug-likeness (QED) is 0.866. The lowest BCUT2D eigenvalue weighted by molar-refractivity contribution is -0.116. The molecule has 0 aliphatic carbocycles. The van der Waals surface area contributed by atoms with Crippen molar-refractivity contribution in [3.63, 3.8) is 0 Å². The molecule has 1 aromatic rings. The van der Waals surface area contributed by atoms with Crippen molar-refractivity contribution in [1.82, 2.24) is 4.72 Å². The Morgan fingerprint density at radius 1 is 1.17 bits per heavy atom. The van der Waals surface area contributed by atoms with E-state index in [2.05, 4.69) is 15.0 Å². The third kappa shape index (κ3) is 5.35. The maximum Gasteiger partial charge on any atom is 0.262 e. The van der Waals surface area contributed by atoms with E-state index in [1.54, 1.807) is 12.1 Å². The molecule has 1 amide bonds. The number of amidine groups is 1. The summed E-state index contributed by atoms with van der Waals surface area (Å²) in [6, 6.07) is 6.16. The monoisotopic (exact) mass is 337 g/mol. The normalized spacial score (nSPS) is 15.4. The Kier molecular flexibility index (Phi) is 6.15. The third-order valence-electron chi connectivity index (χ3n) is 3.55. The van der Waals surface area contributed by atoms with E-state index in [0.717, 1.165) is 25.7 Å². The number of carbonyl (C=O) groups excluding carboxylic acids is 1. The molecule has 0 saturated heterocycles. The van der Waals surface area contributed by atoms with Crippen LogP contribution in [0.5, 0.6) is 0 Å². The molecule has 23 heavy (non-hydrogen) atoms. The van der Waals surface area contributed by atoms with Gasteiger partial charge in [0.05, 0.1) is 4.90 Å². The fraction of sp³-hybridized carbons (Fsp3) is 0.500. The molecule has 1 aliphatic rings. The van der Waals surface area contributed by atoms with Crippen molar-refractivity contribution in [1.29, 1.82) is 0 Å².